The molecule has 27 heavy (non-hydrogen) atoms. The summed E-state index contributed by atoms with van der Waals surface area (Å²) in [7, 11) is 1.01. The van der Waals surface area contributed by atoms with E-state index in [1.165, 1.54) is 30.5 Å². The van der Waals surface area contributed by atoms with Crippen molar-refractivity contribution < 1.29 is 27.9 Å². The number of ether oxygens (including phenoxy) is 2. The maximum absolute atomic E-state index is 16.0. The van der Waals surface area contributed by atoms with Gasteiger partial charge in [0.15, 0.2) is 6.10 Å². The van der Waals surface area contributed by atoms with Crippen molar-refractivity contribution in [1.82, 2.24) is 0 Å². The summed E-state index contributed by atoms with van der Waals surface area (Å²) in [5.74, 6) is -2.22. The number of esters is 1. The van der Waals surface area contributed by atoms with Gasteiger partial charge < -0.3 is 13.9 Å². The highest BCUT2D eigenvalue weighted by Crippen LogP contribution is 2.48. The number of carbonyl (C=O) groups excluding carboxylic acids is 2. The molecule has 2 atom stereocenters. The zero-order valence-corrected chi connectivity index (χ0v) is 15.2. The lowest BCUT2D eigenvalue weighted by Crippen LogP contribution is -2.53. The topological polar surface area (TPSA) is 65.7 Å². The SMILES string of the molecule is COC(=O)C1(F)C(=O)c2ccc3occ(C)c3c2OC1c1ccccc1Cl. The molecule has 138 valence electrons. The molecular formula is C20H14ClFO5. The Morgan fingerprint density at radius 2 is 2.00 bits per heavy atom. The van der Waals surface area contributed by atoms with Gasteiger partial charge in [0.05, 0.1) is 24.3 Å². The van der Waals surface area contributed by atoms with E-state index in [1.807, 2.05) is 0 Å². The highest BCUT2D eigenvalue weighted by Gasteiger charge is 2.60. The van der Waals surface area contributed by atoms with Gasteiger partial charge in [-0.15, -0.1) is 0 Å². The van der Waals surface area contributed by atoms with Crippen molar-refractivity contribution in [3.63, 3.8) is 0 Å². The average Bonchev–Trinajstić information content (AvgIpc) is 3.05. The van der Waals surface area contributed by atoms with Gasteiger partial charge in [-0.05, 0) is 30.7 Å². The number of alkyl halides is 1. The fraction of sp³-hybridized carbons (Fsp3) is 0.200. The standard InChI is InChI=1S/C20H14ClFO5/c1-10-9-26-14-8-7-12-16(15(10)14)27-18(11-5-3-4-6-13(11)21)20(22,17(12)23)19(24)25-2/h3-9,18H,1-2H3. The van der Waals surface area contributed by atoms with Crippen LogP contribution < -0.4 is 4.74 Å². The van der Waals surface area contributed by atoms with Gasteiger partial charge in [0.2, 0.25) is 5.78 Å². The van der Waals surface area contributed by atoms with Crippen LogP contribution in [0.1, 0.15) is 27.6 Å². The first kappa shape index (κ1) is 17.5. The number of hydrogen-bond acceptors (Lipinski definition) is 5. The summed E-state index contributed by atoms with van der Waals surface area (Å²) in [6.45, 7) is 1.78. The molecule has 0 radical (unpaired) electrons. The van der Waals surface area contributed by atoms with Gasteiger partial charge in [-0.2, -0.15) is 0 Å². The van der Waals surface area contributed by atoms with Crippen molar-refractivity contribution in [1.29, 1.82) is 0 Å². The quantitative estimate of drug-likeness (QED) is 0.474. The van der Waals surface area contributed by atoms with E-state index in [-0.39, 0.29) is 21.9 Å². The van der Waals surface area contributed by atoms with Crippen LogP contribution in [0, 0.1) is 6.92 Å². The van der Waals surface area contributed by atoms with Crippen LogP contribution in [0.2, 0.25) is 5.02 Å². The zero-order chi connectivity index (χ0) is 19.3. The fourth-order valence-corrected chi connectivity index (χ4v) is 3.61. The number of carbonyl (C=O) groups is 2. The van der Waals surface area contributed by atoms with E-state index in [0.717, 1.165) is 12.7 Å². The molecule has 2 heterocycles. The summed E-state index contributed by atoms with van der Waals surface area (Å²) in [5.41, 5.74) is -1.75. The predicted molar refractivity (Wildman–Crippen MR) is 96.0 cm³/mol. The van der Waals surface area contributed by atoms with E-state index >= 15 is 4.39 Å². The van der Waals surface area contributed by atoms with Gasteiger partial charge in [0, 0.05) is 10.6 Å². The highest BCUT2D eigenvalue weighted by atomic mass is 35.5. The molecule has 0 fully saturated rings. The van der Waals surface area contributed by atoms with Crippen molar-refractivity contribution in [2.75, 3.05) is 7.11 Å². The summed E-state index contributed by atoms with van der Waals surface area (Å²) in [6.07, 6.45) is -0.0838. The molecule has 0 bridgehead atoms. The van der Waals surface area contributed by atoms with Gasteiger partial charge in [0.1, 0.15) is 11.3 Å². The average molecular weight is 389 g/mol. The second-order valence-electron chi connectivity index (χ2n) is 6.29. The maximum Gasteiger partial charge on any atom is 0.356 e. The van der Waals surface area contributed by atoms with E-state index in [0.29, 0.717) is 11.0 Å². The molecule has 2 aromatic carbocycles. The summed E-state index contributed by atoms with van der Waals surface area (Å²) < 4.78 is 31.9. The minimum absolute atomic E-state index is 0.0526. The maximum atomic E-state index is 16.0. The monoisotopic (exact) mass is 388 g/mol. The number of ketones is 1. The largest absolute Gasteiger partial charge is 0.480 e. The van der Waals surface area contributed by atoms with E-state index < -0.39 is 23.5 Å². The van der Waals surface area contributed by atoms with Crippen molar-refractivity contribution >= 4 is 34.3 Å². The summed E-state index contributed by atoms with van der Waals surface area (Å²) >= 11 is 6.21. The molecule has 0 saturated heterocycles. The molecule has 0 amide bonds. The number of hydrogen-bond donors (Lipinski definition) is 0. The molecular weight excluding hydrogens is 375 g/mol. The number of Topliss-reactive ketones (excluding diaryl/α,β-unsaturated/α-hetero) is 1. The van der Waals surface area contributed by atoms with Crippen molar-refractivity contribution in [3.8, 4) is 5.75 Å². The minimum Gasteiger partial charge on any atom is -0.480 e. The van der Waals surface area contributed by atoms with Crippen molar-refractivity contribution in [2.45, 2.75) is 18.7 Å². The smallest absolute Gasteiger partial charge is 0.356 e. The predicted octanol–water partition coefficient (Wildman–Crippen LogP) is 4.59. The van der Waals surface area contributed by atoms with Crippen LogP contribution >= 0.6 is 11.6 Å². The third kappa shape index (κ3) is 2.36. The van der Waals surface area contributed by atoms with Crippen LogP contribution in [0.15, 0.2) is 47.1 Å². The van der Waals surface area contributed by atoms with E-state index in [1.54, 1.807) is 19.1 Å². The first-order valence-corrected chi connectivity index (χ1v) is 8.51. The summed E-state index contributed by atoms with van der Waals surface area (Å²) in [5, 5.41) is 0.714. The molecule has 1 aromatic heterocycles. The molecule has 0 N–H and O–H groups in total. The lowest BCUT2D eigenvalue weighted by molar-refractivity contribution is -0.157. The third-order valence-corrected chi connectivity index (χ3v) is 5.06. The number of furan rings is 1. The molecule has 0 saturated carbocycles. The van der Waals surface area contributed by atoms with Gasteiger partial charge >= 0.3 is 11.6 Å². The lowest BCUT2D eigenvalue weighted by atomic mass is 9.82. The first-order chi connectivity index (χ1) is 12.9. The second kappa shape index (κ2) is 6.09. The minimum atomic E-state index is -3.07. The molecule has 0 aliphatic carbocycles. The highest BCUT2D eigenvalue weighted by molar-refractivity contribution is 6.31. The van der Waals surface area contributed by atoms with E-state index in [9.17, 15) is 9.59 Å². The Hall–Kier alpha value is -2.86. The van der Waals surface area contributed by atoms with Gasteiger partial charge in [-0.25, -0.2) is 9.18 Å². The van der Waals surface area contributed by atoms with Crippen LogP contribution in [0.25, 0.3) is 11.0 Å². The summed E-state index contributed by atoms with van der Waals surface area (Å²) in [6, 6.07) is 9.22. The number of halogens is 2. The van der Waals surface area contributed by atoms with E-state index in [4.69, 9.17) is 20.8 Å². The number of rotatable bonds is 2. The molecule has 0 spiro atoms. The lowest BCUT2D eigenvalue weighted by Gasteiger charge is -2.36. The number of benzene rings is 2. The van der Waals surface area contributed by atoms with E-state index in [2.05, 4.69) is 4.74 Å². The van der Waals surface area contributed by atoms with Crippen LogP contribution in [0.3, 0.4) is 0 Å². The molecule has 4 rings (SSSR count). The van der Waals surface area contributed by atoms with Crippen LogP contribution in [-0.4, -0.2) is 24.5 Å². The van der Waals surface area contributed by atoms with Crippen molar-refractivity contribution in [3.05, 3.63) is 64.4 Å². The Kier molecular flexibility index (Phi) is 3.96. The molecule has 1 aliphatic heterocycles. The first-order valence-electron chi connectivity index (χ1n) is 8.13. The number of aryl methyl sites for hydroxylation is 1. The Morgan fingerprint density at radius 1 is 1.26 bits per heavy atom. The second-order valence-corrected chi connectivity index (χ2v) is 6.69. The molecule has 7 heteroatoms. The Morgan fingerprint density at radius 3 is 2.70 bits per heavy atom. The normalized spacial score (nSPS) is 21.6. The zero-order valence-electron chi connectivity index (χ0n) is 14.4. The van der Waals surface area contributed by atoms with Crippen LogP contribution in [-0.2, 0) is 9.53 Å². The third-order valence-electron chi connectivity index (χ3n) is 4.72. The Balaban J connectivity index is 2.02. The summed E-state index contributed by atoms with van der Waals surface area (Å²) in [4.78, 5) is 25.4. The Labute approximate surface area is 158 Å². The molecule has 2 unspecified atom stereocenters. The molecule has 5 nitrogen and oxygen atoms in total. The fourth-order valence-electron chi connectivity index (χ4n) is 3.38. The molecule has 1 aliphatic rings. The Bertz CT molecular complexity index is 1090. The number of methoxy groups -OCH3 is 1. The van der Waals surface area contributed by atoms with Gasteiger partial charge in [-0.1, -0.05) is 29.8 Å². The van der Waals surface area contributed by atoms with Gasteiger partial charge in [0.25, 0.3) is 0 Å². The van der Waals surface area contributed by atoms with Crippen molar-refractivity contribution in [2.24, 2.45) is 0 Å². The van der Waals surface area contributed by atoms with Crippen LogP contribution in [0.4, 0.5) is 4.39 Å². The number of fused-ring (bicyclic) bond motifs is 3. The molecule has 3 aromatic rings. The van der Waals surface area contributed by atoms with Gasteiger partial charge in [-0.3, -0.25) is 4.79 Å². The van der Waals surface area contributed by atoms with Crippen LogP contribution in [0.5, 0.6) is 5.75 Å².